The highest BCUT2D eigenvalue weighted by molar-refractivity contribution is 5.86. The van der Waals surface area contributed by atoms with E-state index in [4.69, 9.17) is 9.47 Å². The van der Waals surface area contributed by atoms with E-state index in [0.29, 0.717) is 26.1 Å². The monoisotopic (exact) mass is 341 g/mol. The van der Waals surface area contributed by atoms with Gasteiger partial charge in [-0.25, -0.2) is 9.59 Å². The molecule has 0 aromatic rings. The lowest BCUT2D eigenvalue weighted by Crippen LogP contribution is -2.53. The third-order valence-electron chi connectivity index (χ3n) is 4.47. The van der Waals surface area contributed by atoms with Gasteiger partial charge in [-0.15, -0.1) is 0 Å². The normalized spacial score (nSPS) is 16.2. The zero-order valence-electron chi connectivity index (χ0n) is 15.7. The van der Waals surface area contributed by atoms with Crippen molar-refractivity contribution in [2.75, 3.05) is 13.2 Å². The SMILES string of the molecule is CCCCCCCCOC(=O)NC1(C(=O)OCC(C)C)CCCC1. The fraction of sp³-hybridized carbons (Fsp3) is 0.895. The van der Waals surface area contributed by atoms with Gasteiger partial charge in [0.05, 0.1) is 13.2 Å². The molecular weight excluding hydrogens is 306 g/mol. The molecule has 0 atom stereocenters. The van der Waals surface area contributed by atoms with Crippen LogP contribution in [0, 0.1) is 5.92 Å². The van der Waals surface area contributed by atoms with Gasteiger partial charge in [0, 0.05) is 0 Å². The van der Waals surface area contributed by atoms with Crippen molar-refractivity contribution in [3.63, 3.8) is 0 Å². The molecule has 1 amide bonds. The first-order valence-corrected chi connectivity index (χ1v) is 9.62. The minimum Gasteiger partial charge on any atom is -0.464 e. The second-order valence-electron chi connectivity index (χ2n) is 7.31. The summed E-state index contributed by atoms with van der Waals surface area (Å²) in [5, 5.41) is 2.79. The quantitative estimate of drug-likeness (QED) is 0.441. The number of hydrogen-bond donors (Lipinski definition) is 1. The highest BCUT2D eigenvalue weighted by Gasteiger charge is 2.44. The van der Waals surface area contributed by atoms with Crippen LogP contribution in [0.3, 0.4) is 0 Å². The van der Waals surface area contributed by atoms with E-state index in [1.165, 1.54) is 25.7 Å². The van der Waals surface area contributed by atoms with Gasteiger partial charge >= 0.3 is 12.1 Å². The van der Waals surface area contributed by atoms with Crippen molar-refractivity contribution < 1.29 is 19.1 Å². The Hall–Kier alpha value is -1.26. The summed E-state index contributed by atoms with van der Waals surface area (Å²) >= 11 is 0. The third-order valence-corrected chi connectivity index (χ3v) is 4.47. The molecule has 1 N–H and O–H groups in total. The smallest absolute Gasteiger partial charge is 0.408 e. The first kappa shape index (κ1) is 20.8. The zero-order valence-corrected chi connectivity index (χ0v) is 15.7. The largest absolute Gasteiger partial charge is 0.464 e. The number of unbranched alkanes of at least 4 members (excludes halogenated alkanes) is 5. The van der Waals surface area contributed by atoms with Gasteiger partial charge in [-0.3, -0.25) is 0 Å². The van der Waals surface area contributed by atoms with Crippen LogP contribution in [0.5, 0.6) is 0 Å². The molecule has 0 spiro atoms. The number of nitrogens with one attached hydrogen (secondary N) is 1. The Morgan fingerprint density at radius 2 is 1.62 bits per heavy atom. The Morgan fingerprint density at radius 3 is 2.25 bits per heavy atom. The third kappa shape index (κ3) is 7.54. The summed E-state index contributed by atoms with van der Waals surface area (Å²) in [5.41, 5.74) is -0.882. The lowest BCUT2D eigenvalue weighted by Gasteiger charge is -2.27. The van der Waals surface area contributed by atoms with E-state index in [-0.39, 0.29) is 11.9 Å². The molecule has 0 bridgehead atoms. The van der Waals surface area contributed by atoms with Crippen molar-refractivity contribution in [2.24, 2.45) is 5.92 Å². The van der Waals surface area contributed by atoms with Crippen LogP contribution in [0.1, 0.15) is 85.0 Å². The molecule has 1 aliphatic carbocycles. The van der Waals surface area contributed by atoms with Crippen LogP contribution in [0.25, 0.3) is 0 Å². The Bertz CT molecular complexity index is 376. The first-order chi connectivity index (χ1) is 11.5. The van der Waals surface area contributed by atoms with Crippen molar-refractivity contribution in [1.82, 2.24) is 5.32 Å². The van der Waals surface area contributed by atoms with E-state index < -0.39 is 11.6 Å². The average molecular weight is 341 g/mol. The minimum atomic E-state index is -0.882. The van der Waals surface area contributed by atoms with Crippen LogP contribution >= 0.6 is 0 Å². The summed E-state index contributed by atoms with van der Waals surface area (Å²) in [6.45, 7) is 6.98. The second-order valence-corrected chi connectivity index (χ2v) is 7.31. The number of alkyl carbamates (subject to hydrolysis) is 1. The summed E-state index contributed by atoms with van der Waals surface area (Å²) in [5.74, 6) is -0.0303. The fourth-order valence-electron chi connectivity index (χ4n) is 3.02. The van der Waals surface area contributed by atoms with Crippen molar-refractivity contribution in [3.8, 4) is 0 Å². The van der Waals surface area contributed by atoms with Crippen LogP contribution in [0.4, 0.5) is 4.79 Å². The summed E-state index contributed by atoms with van der Waals surface area (Å²) in [7, 11) is 0. The summed E-state index contributed by atoms with van der Waals surface area (Å²) in [6.07, 6.45) is 9.51. The maximum Gasteiger partial charge on any atom is 0.408 e. The average Bonchev–Trinajstić information content (AvgIpc) is 3.01. The lowest BCUT2D eigenvalue weighted by atomic mass is 9.98. The van der Waals surface area contributed by atoms with E-state index in [1.807, 2.05) is 13.8 Å². The molecule has 1 fully saturated rings. The van der Waals surface area contributed by atoms with Crippen LogP contribution in [0.15, 0.2) is 0 Å². The van der Waals surface area contributed by atoms with E-state index in [9.17, 15) is 9.59 Å². The van der Waals surface area contributed by atoms with Crippen LogP contribution in [0.2, 0.25) is 0 Å². The van der Waals surface area contributed by atoms with Gasteiger partial charge in [0.15, 0.2) is 0 Å². The molecule has 0 unspecified atom stereocenters. The molecule has 0 radical (unpaired) electrons. The second kappa shape index (κ2) is 11.3. The molecule has 0 aliphatic heterocycles. The molecule has 140 valence electrons. The Balaban J connectivity index is 2.31. The molecule has 0 aromatic carbocycles. The number of ether oxygens (including phenoxy) is 2. The predicted molar refractivity (Wildman–Crippen MR) is 94.9 cm³/mol. The predicted octanol–water partition coefficient (Wildman–Crippen LogP) is 4.59. The van der Waals surface area contributed by atoms with Crippen molar-refractivity contribution in [2.45, 2.75) is 90.5 Å². The molecule has 1 aliphatic rings. The van der Waals surface area contributed by atoms with Crippen LogP contribution < -0.4 is 5.32 Å². The molecule has 1 rings (SSSR count). The molecule has 24 heavy (non-hydrogen) atoms. The van der Waals surface area contributed by atoms with Gasteiger partial charge in [-0.1, -0.05) is 65.7 Å². The van der Waals surface area contributed by atoms with Gasteiger partial charge < -0.3 is 14.8 Å². The molecule has 1 saturated carbocycles. The van der Waals surface area contributed by atoms with Gasteiger partial charge in [0.2, 0.25) is 0 Å². The van der Waals surface area contributed by atoms with Crippen LogP contribution in [-0.4, -0.2) is 30.8 Å². The topological polar surface area (TPSA) is 64.6 Å². The highest BCUT2D eigenvalue weighted by Crippen LogP contribution is 2.31. The summed E-state index contributed by atoms with van der Waals surface area (Å²) < 4.78 is 10.6. The van der Waals surface area contributed by atoms with E-state index >= 15 is 0 Å². The zero-order chi connectivity index (χ0) is 17.8. The summed E-state index contributed by atoms with van der Waals surface area (Å²) in [6, 6.07) is 0. The van der Waals surface area contributed by atoms with E-state index in [2.05, 4.69) is 12.2 Å². The molecule has 5 nitrogen and oxygen atoms in total. The lowest BCUT2D eigenvalue weighted by molar-refractivity contribution is -0.152. The maximum atomic E-state index is 12.4. The van der Waals surface area contributed by atoms with Crippen molar-refractivity contribution in [1.29, 1.82) is 0 Å². The molecular formula is C19H35NO4. The maximum absolute atomic E-state index is 12.4. The standard InChI is InChI=1S/C19H35NO4/c1-4-5-6-7-8-11-14-23-18(22)20-19(12-9-10-13-19)17(21)24-15-16(2)3/h16H,4-15H2,1-3H3,(H,20,22). The number of esters is 1. The van der Waals surface area contributed by atoms with Gasteiger partial charge in [0.1, 0.15) is 5.54 Å². The van der Waals surface area contributed by atoms with E-state index in [0.717, 1.165) is 25.7 Å². The van der Waals surface area contributed by atoms with Gasteiger partial charge in [-0.2, -0.15) is 0 Å². The van der Waals surface area contributed by atoms with Gasteiger partial charge in [-0.05, 0) is 25.2 Å². The number of carbonyl (C=O) groups excluding carboxylic acids is 2. The van der Waals surface area contributed by atoms with Crippen molar-refractivity contribution in [3.05, 3.63) is 0 Å². The Morgan fingerprint density at radius 1 is 1.00 bits per heavy atom. The van der Waals surface area contributed by atoms with Gasteiger partial charge in [0.25, 0.3) is 0 Å². The number of hydrogen-bond acceptors (Lipinski definition) is 4. The summed E-state index contributed by atoms with van der Waals surface area (Å²) in [4.78, 5) is 24.4. The number of carbonyl (C=O) groups is 2. The van der Waals surface area contributed by atoms with Crippen molar-refractivity contribution >= 4 is 12.1 Å². The molecule has 0 saturated heterocycles. The molecule has 5 heteroatoms. The van der Waals surface area contributed by atoms with E-state index in [1.54, 1.807) is 0 Å². The first-order valence-electron chi connectivity index (χ1n) is 9.62. The molecule has 0 aromatic heterocycles. The Labute approximate surface area is 146 Å². The highest BCUT2D eigenvalue weighted by atomic mass is 16.6. The van der Waals surface area contributed by atoms with Crippen LogP contribution in [-0.2, 0) is 14.3 Å². The number of rotatable bonds is 11. The molecule has 0 heterocycles. The number of amides is 1. The Kier molecular flexibility index (Phi) is 9.80. The minimum absolute atomic E-state index is 0.284. The fourth-order valence-corrected chi connectivity index (χ4v) is 3.02.